The Kier molecular flexibility index (Phi) is 3.55. The summed E-state index contributed by atoms with van der Waals surface area (Å²) < 4.78 is 0. The van der Waals surface area contributed by atoms with E-state index in [1.165, 1.54) is 11.3 Å². The molecule has 0 bridgehead atoms. The first-order chi connectivity index (χ1) is 9.33. The van der Waals surface area contributed by atoms with E-state index in [2.05, 4.69) is 15.5 Å². The Morgan fingerprint density at radius 1 is 1.16 bits per heavy atom. The fourth-order valence-electron chi connectivity index (χ4n) is 2.37. The second-order valence-corrected chi connectivity index (χ2v) is 5.73. The number of nitrogens with one attached hydrogen (secondary N) is 1. The summed E-state index contributed by atoms with van der Waals surface area (Å²) in [5.74, 6) is 0.248. The molecule has 5 heteroatoms. The largest absolute Gasteiger partial charge is 0.300 e. The number of rotatable bonds is 3. The first-order valence-corrected chi connectivity index (χ1v) is 7.34. The van der Waals surface area contributed by atoms with Crippen molar-refractivity contribution in [3.05, 3.63) is 30.3 Å². The fraction of sp³-hybridized carbons (Fsp3) is 0.357. The number of anilines is 1. The zero-order chi connectivity index (χ0) is 13.1. The molecule has 1 aromatic heterocycles. The predicted molar refractivity (Wildman–Crippen MR) is 75.9 cm³/mol. The molecule has 1 fully saturated rings. The molecule has 0 spiro atoms. The topological polar surface area (TPSA) is 54.9 Å². The van der Waals surface area contributed by atoms with Gasteiger partial charge in [-0.2, -0.15) is 0 Å². The van der Waals surface area contributed by atoms with Crippen LogP contribution in [0.2, 0.25) is 0 Å². The molecule has 3 rings (SSSR count). The number of carbonyl (C=O) groups excluding carboxylic acids is 1. The maximum absolute atomic E-state index is 12.0. The van der Waals surface area contributed by atoms with Crippen molar-refractivity contribution in [3.8, 4) is 10.6 Å². The van der Waals surface area contributed by atoms with E-state index >= 15 is 0 Å². The summed E-state index contributed by atoms with van der Waals surface area (Å²) in [6.07, 6.45) is 4.30. The molecule has 1 aliphatic rings. The average Bonchev–Trinajstić information content (AvgIpc) is 3.11. The van der Waals surface area contributed by atoms with Gasteiger partial charge in [0.25, 0.3) is 0 Å². The van der Waals surface area contributed by atoms with Gasteiger partial charge in [0, 0.05) is 11.5 Å². The highest BCUT2D eigenvalue weighted by Gasteiger charge is 2.23. The van der Waals surface area contributed by atoms with Crippen LogP contribution in [0.15, 0.2) is 30.3 Å². The number of aromatic nitrogens is 2. The van der Waals surface area contributed by atoms with Crippen LogP contribution in [0.5, 0.6) is 0 Å². The molecular weight excluding hydrogens is 258 g/mol. The lowest BCUT2D eigenvalue weighted by Gasteiger charge is -2.06. The molecule has 4 nitrogen and oxygen atoms in total. The smallest absolute Gasteiger partial charge is 0.229 e. The summed E-state index contributed by atoms with van der Waals surface area (Å²) >= 11 is 1.42. The van der Waals surface area contributed by atoms with Gasteiger partial charge < -0.3 is 5.32 Å². The van der Waals surface area contributed by atoms with Crippen molar-refractivity contribution in [3.63, 3.8) is 0 Å². The van der Waals surface area contributed by atoms with E-state index in [-0.39, 0.29) is 11.8 Å². The minimum Gasteiger partial charge on any atom is -0.300 e. The van der Waals surface area contributed by atoms with Crippen LogP contribution in [0.4, 0.5) is 5.13 Å². The molecule has 0 saturated heterocycles. The molecule has 1 amide bonds. The molecule has 1 N–H and O–H groups in total. The molecule has 1 saturated carbocycles. The molecule has 0 radical (unpaired) electrons. The van der Waals surface area contributed by atoms with Gasteiger partial charge in [0.15, 0.2) is 0 Å². The quantitative estimate of drug-likeness (QED) is 0.933. The monoisotopic (exact) mass is 273 g/mol. The molecule has 1 aliphatic carbocycles. The van der Waals surface area contributed by atoms with Crippen LogP contribution < -0.4 is 5.32 Å². The van der Waals surface area contributed by atoms with Crippen molar-refractivity contribution < 1.29 is 4.79 Å². The van der Waals surface area contributed by atoms with Gasteiger partial charge in [-0.15, -0.1) is 10.2 Å². The minimum atomic E-state index is 0.0910. The Balaban J connectivity index is 1.70. The Hall–Kier alpha value is -1.75. The van der Waals surface area contributed by atoms with Gasteiger partial charge in [-0.05, 0) is 12.8 Å². The van der Waals surface area contributed by atoms with Crippen LogP contribution >= 0.6 is 11.3 Å². The second-order valence-electron chi connectivity index (χ2n) is 4.75. The van der Waals surface area contributed by atoms with Gasteiger partial charge in [-0.3, -0.25) is 4.79 Å². The van der Waals surface area contributed by atoms with E-state index in [1.54, 1.807) is 0 Å². The number of nitrogens with zero attached hydrogens (tertiary/aromatic N) is 2. The Morgan fingerprint density at radius 2 is 1.89 bits per heavy atom. The van der Waals surface area contributed by atoms with Crippen molar-refractivity contribution in [1.82, 2.24) is 10.2 Å². The third kappa shape index (κ3) is 2.81. The zero-order valence-electron chi connectivity index (χ0n) is 10.5. The molecule has 1 aromatic carbocycles. The fourth-order valence-corrected chi connectivity index (χ4v) is 3.12. The van der Waals surface area contributed by atoms with Crippen LogP contribution in [0, 0.1) is 5.92 Å². The maximum Gasteiger partial charge on any atom is 0.229 e. The number of carbonyl (C=O) groups is 1. The summed E-state index contributed by atoms with van der Waals surface area (Å²) in [7, 11) is 0. The van der Waals surface area contributed by atoms with Crippen molar-refractivity contribution in [2.45, 2.75) is 25.7 Å². The molecule has 19 heavy (non-hydrogen) atoms. The predicted octanol–water partition coefficient (Wildman–Crippen LogP) is 3.33. The van der Waals surface area contributed by atoms with E-state index in [4.69, 9.17) is 0 Å². The Bertz CT molecular complexity index is 561. The summed E-state index contributed by atoms with van der Waals surface area (Å²) in [4.78, 5) is 12.0. The Labute approximate surface area is 115 Å². The van der Waals surface area contributed by atoms with Crippen LogP contribution in [0.25, 0.3) is 10.6 Å². The van der Waals surface area contributed by atoms with Crippen LogP contribution in [0.1, 0.15) is 25.7 Å². The summed E-state index contributed by atoms with van der Waals surface area (Å²) in [5, 5.41) is 12.5. The van der Waals surface area contributed by atoms with E-state index < -0.39 is 0 Å². The molecule has 1 heterocycles. The molecule has 0 aliphatic heterocycles. The summed E-state index contributed by atoms with van der Waals surface area (Å²) in [6, 6.07) is 9.88. The van der Waals surface area contributed by atoms with Crippen molar-refractivity contribution in [2.24, 2.45) is 5.92 Å². The lowest BCUT2D eigenvalue weighted by atomic mass is 10.1. The number of benzene rings is 1. The average molecular weight is 273 g/mol. The van der Waals surface area contributed by atoms with Gasteiger partial charge in [0.2, 0.25) is 11.0 Å². The lowest BCUT2D eigenvalue weighted by Crippen LogP contribution is -2.20. The molecular formula is C14H15N3OS. The van der Waals surface area contributed by atoms with Crippen LogP contribution in [-0.2, 0) is 4.79 Å². The maximum atomic E-state index is 12.0. The molecule has 0 atom stereocenters. The van der Waals surface area contributed by atoms with E-state index in [9.17, 15) is 4.79 Å². The lowest BCUT2D eigenvalue weighted by molar-refractivity contribution is -0.119. The SMILES string of the molecule is O=C(Nc1nnc(-c2ccccc2)s1)C1CCCC1. The first kappa shape index (κ1) is 12.3. The minimum absolute atomic E-state index is 0.0910. The highest BCUT2D eigenvalue weighted by Crippen LogP contribution is 2.29. The summed E-state index contributed by atoms with van der Waals surface area (Å²) in [5.41, 5.74) is 1.03. The zero-order valence-corrected chi connectivity index (χ0v) is 11.3. The van der Waals surface area contributed by atoms with Gasteiger partial charge in [-0.1, -0.05) is 54.5 Å². The third-order valence-electron chi connectivity index (χ3n) is 3.40. The number of hydrogen-bond acceptors (Lipinski definition) is 4. The van der Waals surface area contributed by atoms with E-state index in [0.29, 0.717) is 5.13 Å². The second kappa shape index (κ2) is 5.48. The van der Waals surface area contributed by atoms with Crippen molar-refractivity contribution in [2.75, 3.05) is 5.32 Å². The standard InChI is InChI=1S/C14H15N3OS/c18-12(10-6-4-5-7-10)15-14-17-16-13(19-14)11-8-2-1-3-9-11/h1-3,8-10H,4-7H2,(H,15,17,18). The number of amides is 1. The third-order valence-corrected chi connectivity index (χ3v) is 4.29. The highest BCUT2D eigenvalue weighted by molar-refractivity contribution is 7.18. The highest BCUT2D eigenvalue weighted by atomic mass is 32.1. The van der Waals surface area contributed by atoms with Crippen molar-refractivity contribution >= 4 is 22.4 Å². The number of hydrogen-bond donors (Lipinski definition) is 1. The normalized spacial score (nSPS) is 15.6. The van der Waals surface area contributed by atoms with Gasteiger partial charge in [0.05, 0.1) is 0 Å². The van der Waals surface area contributed by atoms with Gasteiger partial charge in [-0.25, -0.2) is 0 Å². The van der Waals surface area contributed by atoms with Crippen LogP contribution in [-0.4, -0.2) is 16.1 Å². The molecule has 0 unspecified atom stereocenters. The van der Waals surface area contributed by atoms with Gasteiger partial charge >= 0.3 is 0 Å². The molecule has 98 valence electrons. The Morgan fingerprint density at radius 3 is 2.63 bits per heavy atom. The van der Waals surface area contributed by atoms with Gasteiger partial charge in [0.1, 0.15) is 5.01 Å². The van der Waals surface area contributed by atoms with E-state index in [0.717, 1.165) is 36.3 Å². The summed E-state index contributed by atoms with van der Waals surface area (Å²) in [6.45, 7) is 0. The first-order valence-electron chi connectivity index (χ1n) is 6.53. The van der Waals surface area contributed by atoms with Crippen molar-refractivity contribution in [1.29, 1.82) is 0 Å². The molecule has 2 aromatic rings. The van der Waals surface area contributed by atoms with E-state index in [1.807, 2.05) is 30.3 Å². The van der Waals surface area contributed by atoms with Crippen LogP contribution in [0.3, 0.4) is 0 Å².